The third-order valence-electron chi connectivity index (χ3n) is 4.41. The molecule has 3 saturated heterocycles. The molecule has 3 aliphatic rings. The van der Waals surface area contributed by atoms with Gasteiger partial charge in [-0.2, -0.15) is 0 Å². The molecule has 20 heavy (non-hydrogen) atoms. The Bertz CT molecular complexity index is 681. The number of hydrogen-bond acceptors (Lipinski definition) is 2. The number of piperidine rings is 1. The summed E-state index contributed by atoms with van der Waals surface area (Å²) in [6, 6.07) is 6.65. The lowest BCUT2D eigenvalue weighted by Crippen LogP contribution is -2.43. The number of nitrogens with one attached hydrogen (secondary N) is 2. The van der Waals surface area contributed by atoms with Gasteiger partial charge in [0.25, 0.3) is 0 Å². The third-order valence-corrected chi connectivity index (χ3v) is 4.87. The van der Waals surface area contributed by atoms with Gasteiger partial charge in [-0.15, -0.1) is 0 Å². The van der Waals surface area contributed by atoms with E-state index in [2.05, 4.69) is 49.3 Å². The van der Waals surface area contributed by atoms with Gasteiger partial charge in [0.15, 0.2) is 0 Å². The molecular formula is C15H16BrN3O. The standard InChI is InChI=1S/C15H16BrN3O/c16-10-5-13-12(3-4-17-13)14(6-10)19-7-9-1-2-11(8-19)18-15(9)20/h3-6,9,11,17H,1-2,7-8H2,(H,18,20)/t9-,11+/m1/s1. The van der Waals surface area contributed by atoms with Crippen LogP contribution in [0.25, 0.3) is 10.9 Å². The number of carbonyl (C=O) groups is 1. The molecule has 3 fully saturated rings. The average molecular weight is 334 g/mol. The molecule has 5 rings (SSSR count). The fourth-order valence-corrected chi connectivity index (χ4v) is 3.86. The van der Waals surface area contributed by atoms with E-state index < -0.39 is 0 Å². The Kier molecular flexibility index (Phi) is 2.77. The second kappa shape index (κ2) is 4.52. The van der Waals surface area contributed by atoms with Crippen molar-refractivity contribution in [2.45, 2.75) is 18.9 Å². The number of benzene rings is 1. The summed E-state index contributed by atoms with van der Waals surface area (Å²) in [5.41, 5.74) is 2.34. The van der Waals surface area contributed by atoms with Crippen LogP contribution in [0.3, 0.4) is 0 Å². The number of carbonyl (C=O) groups excluding carboxylic acids is 1. The van der Waals surface area contributed by atoms with Gasteiger partial charge in [0, 0.05) is 46.4 Å². The fraction of sp³-hybridized carbons (Fsp3) is 0.400. The van der Waals surface area contributed by atoms with E-state index in [4.69, 9.17) is 0 Å². The van der Waals surface area contributed by atoms with E-state index >= 15 is 0 Å². The van der Waals surface area contributed by atoms with Crippen LogP contribution < -0.4 is 10.2 Å². The Labute approximate surface area is 125 Å². The van der Waals surface area contributed by atoms with E-state index in [1.54, 1.807) is 0 Å². The smallest absolute Gasteiger partial charge is 0.225 e. The van der Waals surface area contributed by atoms with Crippen LogP contribution in [0.4, 0.5) is 5.69 Å². The number of anilines is 1. The molecule has 3 aliphatic heterocycles. The number of fused-ring (bicyclic) bond motifs is 5. The third kappa shape index (κ3) is 1.92. The minimum absolute atomic E-state index is 0.127. The van der Waals surface area contributed by atoms with Gasteiger partial charge in [0.05, 0.1) is 5.92 Å². The summed E-state index contributed by atoms with van der Waals surface area (Å²) in [6.45, 7) is 1.72. The van der Waals surface area contributed by atoms with Crippen LogP contribution in [-0.2, 0) is 4.79 Å². The average Bonchev–Trinajstić information content (AvgIpc) is 2.70. The van der Waals surface area contributed by atoms with Crippen LogP contribution in [0, 0.1) is 5.92 Å². The fourth-order valence-electron chi connectivity index (χ4n) is 3.41. The minimum Gasteiger partial charge on any atom is -0.368 e. The molecule has 4 nitrogen and oxygen atoms in total. The number of hydrogen-bond donors (Lipinski definition) is 2. The molecule has 0 radical (unpaired) electrons. The van der Waals surface area contributed by atoms with Crippen LogP contribution in [-0.4, -0.2) is 30.0 Å². The Balaban J connectivity index is 1.79. The number of H-pyrrole nitrogens is 1. The number of amides is 1. The zero-order chi connectivity index (χ0) is 13.7. The minimum atomic E-state index is 0.127. The number of aromatic nitrogens is 1. The molecule has 0 unspecified atom stereocenters. The summed E-state index contributed by atoms with van der Waals surface area (Å²) in [5.74, 6) is 0.353. The largest absolute Gasteiger partial charge is 0.368 e. The molecule has 4 heterocycles. The summed E-state index contributed by atoms with van der Waals surface area (Å²) < 4.78 is 1.07. The van der Waals surface area contributed by atoms with Gasteiger partial charge >= 0.3 is 0 Å². The number of nitrogens with zero attached hydrogens (tertiary/aromatic N) is 1. The maximum Gasteiger partial charge on any atom is 0.225 e. The molecule has 2 atom stereocenters. The lowest BCUT2D eigenvalue weighted by Gasteiger charge is -2.25. The first-order valence-electron chi connectivity index (χ1n) is 7.02. The molecule has 5 heteroatoms. The van der Waals surface area contributed by atoms with Gasteiger partial charge in [0.2, 0.25) is 5.91 Å². The Morgan fingerprint density at radius 3 is 3.00 bits per heavy atom. The molecule has 2 bridgehead atoms. The van der Waals surface area contributed by atoms with Crippen LogP contribution in [0.2, 0.25) is 0 Å². The first-order chi connectivity index (χ1) is 9.70. The first kappa shape index (κ1) is 12.3. The van der Waals surface area contributed by atoms with Crippen LogP contribution in [0.15, 0.2) is 28.9 Å². The zero-order valence-electron chi connectivity index (χ0n) is 11.0. The van der Waals surface area contributed by atoms with Crippen LogP contribution >= 0.6 is 15.9 Å². The van der Waals surface area contributed by atoms with Crippen molar-refractivity contribution in [3.05, 3.63) is 28.9 Å². The Hall–Kier alpha value is -1.49. The molecule has 2 N–H and O–H groups in total. The summed E-state index contributed by atoms with van der Waals surface area (Å²) in [5, 5.41) is 4.36. The van der Waals surface area contributed by atoms with Gasteiger partial charge in [0.1, 0.15) is 0 Å². The zero-order valence-corrected chi connectivity index (χ0v) is 12.6. The lowest BCUT2D eigenvalue weighted by molar-refractivity contribution is -0.126. The van der Waals surface area contributed by atoms with Crippen LogP contribution in [0.1, 0.15) is 12.8 Å². The van der Waals surface area contributed by atoms with Crippen molar-refractivity contribution >= 4 is 38.4 Å². The predicted molar refractivity (Wildman–Crippen MR) is 82.9 cm³/mol. The van der Waals surface area contributed by atoms with Crippen LogP contribution in [0.5, 0.6) is 0 Å². The van der Waals surface area contributed by atoms with Gasteiger partial charge < -0.3 is 15.2 Å². The highest BCUT2D eigenvalue weighted by molar-refractivity contribution is 9.10. The van der Waals surface area contributed by atoms with Crippen molar-refractivity contribution in [3.63, 3.8) is 0 Å². The summed E-state index contributed by atoms with van der Waals surface area (Å²) >= 11 is 3.58. The van der Waals surface area contributed by atoms with Gasteiger partial charge in [-0.1, -0.05) is 15.9 Å². The summed E-state index contributed by atoms with van der Waals surface area (Å²) in [6.07, 6.45) is 4.07. The SMILES string of the molecule is O=C1N[C@H]2CC[C@@H]1CN(c1cc(Br)cc3[nH]ccc13)C2. The predicted octanol–water partition coefficient (Wildman–Crippen LogP) is 2.65. The summed E-state index contributed by atoms with van der Waals surface area (Å²) in [4.78, 5) is 17.6. The molecule has 1 amide bonds. The molecule has 0 saturated carbocycles. The molecule has 1 aromatic carbocycles. The topological polar surface area (TPSA) is 48.1 Å². The van der Waals surface area contributed by atoms with Crippen molar-refractivity contribution in [2.24, 2.45) is 5.92 Å². The van der Waals surface area contributed by atoms with Gasteiger partial charge in [-0.05, 0) is 31.0 Å². The van der Waals surface area contributed by atoms with Gasteiger partial charge in [-0.25, -0.2) is 0 Å². The maximum atomic E-state index is 12.0. The van der Waals surface area contributed by atoms with Crippen molar-refractivity contribution in [2.75, 3.05) is 18.0 Å². The number of aromatic amines is 1. The normalized spacial score (nSPS) is 25.9. The summed E-state index contributed by atoms with van der Waals surface area (Å²) in [7, 11) is 0. The van der Waals surface area contributed by atoms with E-state index in [0.29, 0.717) is 0 Å². The van der Waals surface area contributed by atoms with E-state index in [9.17, 15) is 4.79 Å². The molecule has 104 valence electrons. The number of rotatable bonds is 1. The van der Waals surface area contributed by atoms with Crippen molar-refractivity contribution < 1.29 is 4.79 Å². The van der Waals surface area contributed by atoms with E-state index in [0.717, 1.165) is 35.9 Å². The molecular weight excluding hydrogens is 318 g/mol. The van der Waals surface area contributed by atoms with E-state index in [1.807, 2.05) is 6.20 Å². The quantitative estimate of drug-likeness (QED) is 0.842. The molecule has 0 aliphatic carbocycles. The van der Waals surface area contributed by atoms with Crippen molar-refractivity contribution in [1.29, 1.82) is 0 Å². The van der Waals surface area contributed by atoms with Crippen molar-refractivity contribution in [1.82, 2.24) is 10.3 Å². The molecule has 1 aromatic heterocycles. The highest BCUT2D eigenvalue weighted by atomic mass is 79.9. The van der Waals surface area contributed by atoms with Gasteiger partial charge in [-0.3, -0.25) is 4.79 Å². The lowest BCUT2D eigenvalue weighted by atomic mass is 9.96. The van der Waals surface area contributed by atoms with E-state index in [-0.39, 0.29) is 17.9 Å². The molecule has 0 spiro atoms. The first-order valence-corrected chi connectivity index (χ1v) is 7.82. The highest BCUT2D eigenvalue weighted by Crippen LogP contribution is 2.34. The monoisotopic (exact) mass is 333 g/mol. The second-order valence-electron chi connectivity index (χ2n) is 5.75. The number of halogens is 1. The second-order valence-corrected chi connectivity index (χ2v) is 6.66. The Morgan fingerprint density at radius 1 is 1.25 bits per heavy atom. The van der Waals surface area contributed by atoms with Crippen molar-refractivity contribution in [3.8, 4) is 0 Å². The maximum absolute atomic E-state index is 12.0. The molecule has 2 aromatic rings. The van der Waals surface area contributed by atoms with E-state index in [1.165, 1.54) is 11.1 Å². The Morgan fingerprint density at radius 2 is 2.15 bits per heavy atom. The highest BCUT2D eigenvalue weighted by Gasteiger charge is 2.35.